The summed E-state index contributed by atoms with van der Waals surface area (Å²) in [5, 5.41) is 13.7. The molecule has 0 radical (unpaired) electrons. The second-order valence-electron chi connectivity index (χ2n) is 7.15. The molecule has 0 aliphatic heterocycles. The van der Waals surface area contributed by atoms with E-state index in [0.717, 1.165) is 12.8 Å². The van der Waals surface area contributed by atoms with E-state index in [1.165, 1.54) is 0 Å². The molecule has 0 unspecified atom stereocenters. The number of aliphatic hydroxyl groups excluding tert-OH is 1. The first-order valence-electron chi connectivity index (χ1n) is 9.62. The van der Waals surface area contributed by atoms with Crippen LogP contribution in [0.3, 0.4) is 0 Å². The number of pyridine rings is 1. The van der Waals surface area contributed by atoms with Gasteiger partial charge in [0, 0.05) is 25.9 Å². The first-order chi connectivity index (χ1) is 13.9. The van der Waals surface area contributed by atoms with E-state index in [9.17, 15) is 9.90 Å². The molecule has 3 rings (SSSR count). The zero-order chi connectivity index (χ0) is 21.0. The van der Waals surface area contributed by atoms with Crippen molar-refractivity contribution >= 4 is 22.5 Å². The smallest absolute Gasteiger partial charge is 0.261 e. The van der Waals surface area contributed by atoms with E-state index in [1.807, 2.05) is 30.3 Å². The molecule has 29 heavy (non-hydrogen) atoms. The Hall–Kier alpha value is -2.32. The molecule has 0 fully saturated rings. The Morgan fingerprint density at radius 3 is 2.72 bits per heavy atom. The molecule has 3 aromatic rings. The van der Waals surface area contributed by atoms with Crippen molar-refractivity contribution < 1.29 is 5.11 Å². The molecule has 2 aromatic heterocycles. The molecule has 0 saturated carbocycles. The highest BCUT2D eigenvalue weighted by atomic mass is 35.5. The molecule has 154 valence electrons. The number of hydrogen-bond acceptors (Lipinski definition) is 6. The number of nitrogens with one attached hydrogen (secondary N) is 1. The summed E-state index contributed by atoms with van der Waals surface area (Å²) in [5.74, 6) is 0.640. The van der Waals surface area contributed by atoms with Crippen molar-refractivity contribution in [2.45, 2.75) is 38.5 Å². The molecule has 1 aromatic carbocycles. The highest BCUT2D eigenvalue weighted by Gasteiger charge is 2.22. The second kappa shape index (κ2) is 9.45. The van der Waals surface area contributed by atoms with Gasteiger partial charge in [0.2, 0.25) is 0 Å². The summed E-state index contributed by atoms with van der Waals surface area (Å²) >= 11 is 5.85. The van der Waals surface area contributed by atoms with Gasteiger partial charge in [-0.1, -0.05) is 43.1 Å². The molecular formula is C21H26ClN5O2. The van der Waals surface area contributed by atoms with E-state index in [4.69, 9.17) is 11.6 Å². The number of nitrogens with zero attached hydrogens (tertiary/aromatic N) is 4. The minimum Gasteiger partial charge on any atom is -0.387 e. The van der Waals surface area contributed by atoms with E-state index < -0.39 is 6.10 Å². The van der Waals surface area contributed by atoms with Gasteiger partial charge < -0.3 is 5.11 Å². The van der Waals surface area contributed by atoms with Gasteiger partial charge in [-0.3, -0.25) is 9.36 Å². The summed E-state index contributed by atoms with van der Waals surface area (Å²) in [6.07, 6.45) is 2.51. The van der Waals surface area contributed by atoms with Crippen molar-refractivity contribution in [1.82, 2.24) is 25.0 Å². The lowest BCUT2D eigenvalue weighted by molar-refractivity contribution is 0.0670. The molecule has 2 N–H and O–H groups in total. The first kappa shape index (κ1) is 21.4. The standard InChI is InChI=1S/C21H26ClN5O2/c1-4-7-17(20(28)14-10-11-18(22)23-12-14)25-26(2)13-19-24-16-9-6-5-8-15(16)21(29)27(19)3/h5-6,8-12,17,20,25,28H,4,7,13H2,1-3H3/t17-,20-/m1/s1. The number of aliphatic hydroxyl groups is 1. The maximum Gasteiger partial charge on any atom is 0.261 e. The molecule has 0 amide bonds. The Labute approximate surface area is 174 Å². The Balaban J connectivity index is 1.78. The van der Waals surface area contributed by atoms with Crippen LogP contribution in [-0.2, 0) is 13.6 Å². The summed E-state index contributed by atoms with van der Waals surface area (Å²) in [6, 6.07) is 10.6. The topological polar surface area (TPSA) is 83.3 Å². The fraction of sp³-hybridized carbons (Fsp3) is 0.381. The second-order valence-corrected chi connectivity index (χ2v) is 7.54. The highest BCUT2D eigenvalue weighted by Crippen LogP contribution is 2.21. The van der Waals surface area contributed by atoms with Crippen LogP contribution in [0.25, 0.3) is 10.9 Å². The Morgan fingerprint density at radius 2 is 2.03 bits per heavy atom. The third-order valence-electron chi connectivity index (χ3n) is 4.91. The summed E-state index contributed by atoms with van der Waals surface area (Å²) in [7, 11) is 3.60. The quantitative estimate of drug-likeness (QED) is 0.435. The Bertz CT molecular complexity index is 1020. The summed E-state index contributed by atoms with van der Waals surface area (Å²) in [6.45, 7) is 2.47. The van der Waals surface area contributed by atoms with Crippen molar-refractivity contribution in [3.8, 4) is 0 Å². The summed E-state index contributed by atoms with van der Waals surface area (Å²) in [5.41, 5.74) is 4.64. The molecule has 2 heterocycles. The number of hydrogen-bond donors (Lipinski definition) is 2. The number of benzene rings is 1. The highest BCUT2D eigenvalue weighted by molar-refractivity contribution is 6.29. The van der Waals surface area contributed by atoms with E-state index >= 15 is 0 Å². The SMILES string of the molecule is CCC[C@@H](NN(C)Cc1nc2ccccc2c(=O)n1C)[C@H](O)c1ccc(Cl)nc1. The van der Waals surface area contributed by atoms with Crippen LogP contribution < -0.4 is 11.0 Å². The Morgan fingerprint density at radius 1 is 1.28 bits per heavy atom. The van der Waals surface area contributed by atoms with E-state index in [2.05, 4.69) is 22.3 Å². The van der Waals surface area contributed by atoms with Crippen LogP contribution in [0.15, 0.2) is 47.4 Å². The third-order valence-corrected chi connectivity index (χ3v) is 5.14. The average molecular weight is 416 g/mol. The van der Waals surface area contributed by atoms with Crippen molar-refractivity contribution in [3.63, 3.8) is 0 Å². The molecule has 0 saturated heterocycles. The van der Waals surface area contributed by atoms with Gasteiger partial charge in [-0.25, -0.2) is 20.4 Å². The van der Waals surface area contributed by atoms with Crippen LogP contribution in [0.2, 0.25) is 5.15 Å². The van der Waals surface area contributed by atoms with E-state index in [0.29, 0.717) is 34.0 Å². The first-order valence-corrected chi connectivity index (χ1v) is 10.00. The van der Waals surface area contributed by atoms with Crippen LogP contribution in [0.4, 0.5) is 0 Å². The van der Waals surface area contributed by atoms with Gasteiger partial charge in [0.25, 0.3) is 5.56 Å². The number of halogens is 1. The zero-order valence-corrected chi connectivity index (χ0v) is 17.6. The molecule has 0 aliphatic rings. The fourth-order valence-corrected chi connectivity index (χ4v) is 3.46. The lowest BCUT2D eigenvalue weighted by Gasteiger charge is -2.29. The normalized spacial score (nSPS) is 13.7. The molecule has 7 nitrogen and oxygen atoms in total. The fourth-order valence-electron chi connectivity index (χ4n) is 3.34. The predicted molar refractivity (Wildman–Crippen MR) is 114 cm³/mol. The molecule has 8 heteroatoms. The monoisotopic (exact) mass is 415 g/mol. The lowest BCUT2D eigenvalue weighted by atomic mass is 10.0. The summed E-state index contributed by atoms with van der Waals surface area (Å²) in [4.78, 5) is 21.3. The number of aromatic nitrogens is 3. The third kappa shape index (κ3) is 5.00. The average Bonchev–Trinajstić information content (AvgIpc) is 2.71. The number of hydrazine groups is 1. The Kier molecular flexibility index (Phi) is 6.97. The van der Waals surface area contributed by atoms with Gasteiger partial charge in [-0.15, -0.1) is 0 Å². The van der Waals surface area contributed by atoms with Gasteiger partial charge in [0.15, 0.2) is 0 Å². The predicted octanol–water partition coefficient (Wildman–Crippen LogP) is 2.82. The van der Waals surface area contributed by atoms with Gasteiger partial charge in [0.05, 0.1) is 29.6 Å². The minimum absolute atomic E-state index is 0.0728. The van der Waals surface area contributed by atoms with Crippen LogP contribution in [-0.4, -0.2) is 37.7 Å². The molecule has 0 aliphatic carbocycles. The van der Waals surface area contributed by atoms with E-state index in [1.54, 1.807) is 36.0 Å². The van der Waals surface area contributed by atoms with Crippen molar-refractivity contribution in [2.75, 3.05) is 7.05 Å². The molecule has 0 spiro atoms. The zero-order valence-electron chi connectivity index (χ0n) is 16.8. The van der Waals surface area contributed by atoms with Crippen molar-refractivity contribution in [2.24, 2.45) is 7.05 Å². The van der Waals surface area contributed by atoms with Gasteiger partial charge in [-0.05, 0) is 24.6 Å². The molecular weight excluding hydrogens is 390 g/mol. The lowest BCUT2D eigenvalue weighted by Crippen LogP contribution is -2.45. The number of fused-ring (bicyclic) bond motifs is 1. The van der Waals surface area contributed by atoms with Crippen LogP contribution >= 0.6 is 11.6 Å². The van der Waals surface area contributed by atoms with Gasteiger partial charge in [0.1, 0.15) is 11.0 Å². The van der Waals surface area contributed by atoms with Crippen LogP contribution in [0, 0.1) is 0 Å². The van der Waals surface area contributed by atoms with Crippen molar-refractivity contribution in [3.05, 3.63) is 69.5 Å². The molecule has 0 bridgehead atoms. The van der Waals surface area contributed by atoms with Gasteiger partial charge >= 0.3 is 0 Å². The van der Waals surface area contributed by atoms with Gasteiger partial charge in [-0.2, -0.15) is 0 Å². The number of para-hydroxylation sites is 1. The van der Waals surface area contributed by atoms with E-state index in [-0.39, 0.29) is 11.6 Å². The largest absolute Gasteiger partial charge is 0.387 e. The number of rotatable bonds is 8. The minimum atomic E-state index is -0.740. The van der Waals surface area contributed by atoms with Crippen LogP contribution in [0.1, 0.15) is 37.3 Å². The summed E-state index contributed by atoms with van der Waals surface area (Å²) < 4.78 is 1.56. The maximum atomic E-state index is 12.6. The van der Waals surface area contributed by atoms with Crippen LogP contribution in [0.5, 0.6) is 0 Å². The van der Waals surface area contributed by atoms with Crippen molar-refractivity contribution in [1.29, 1.82) is 0 Å². The molecule has 2 atom stereocenters. The maximum absolute atomic E-state index is 12.6.